The van der Waals surface area contributed by atoms with Crippen molar-refractivity contribution in [1.29, 1.82) is 0 Å². The SMILES string of the molecule is CN/C=C\C(=[NH2+])NC(=O)c1cc(Oc2ccc(C(N)=O)cc2)cc(OC2CCOCC2)c1. The Labute approximate surface area is 186 Å². The van der Waals surface area contributed by atoms with Gasteiger partial charge in [0.15, 0.2) is 0 Å². The van der Waals surface area contributed by atoms with Gasteiger partial charge in [-0.15, -0.1) is 0 Å². The molecule has 1 heterocycles. The number of benzene rings is 2. The topological polar surface area (TPSA) is 137 Å². The molecule has 0 saturated carbocycles. The van der Waals surface area contributed by atoms with Crippen LogP contribution >= 0.6 is 0 Å². The van der Waals surface area contributed by atoms with Crippen LogP contribution in [0.3, 0.4) is 0 Å². The molecule has 1 saturated heterocycles. The highest BCUT2D eigenvalue weighted by atomic mass is 16.5. The van der Waals surface area contributed by atoms with Crippen LogP contribution in [0.5, 0.6) is 17.2 Å². The summed E-state index contributed by atoms with van der Waals surface area (Å²) in [5.74, 6) is 0.629. The Balaban J connectivity index is 1.83. The summed E-state index contributed by atoms with van der Waals surface area (Å²) < 4.78 is 17.4. The van der Waals surface area contributed by atoms with Crippen molar-refractivity contribution in [2.24, 2.45) is 5.73 Å². The van der Waals surface area contributed by atoms with Crippen molar-refractivity contribution in [2.45, 2.75) is 18.9 Å². The highest BCUT2D eigenvalue weighted by Crippen LogP contribution is 2.29. The third-order valence-electron chi connectivity index (χ3n) is 4.68. The zero-order valence-electron chi connectivity index (χ0n) is 17.8. The van der Waals surface area contributed by atoms with E-state index in [1.807, 2.05) is 0 Å². The van der Waals surface area contributed by atoms with Crippen LogP contribution in [0, 0.1) is 0 Å². The number of nitrogens with two attached hydrogens (primary N) is 2. The van der Waals surface area contributed by atoms with E-state index in [4.69, 9.17) is 25.4 Å². The van der Waals surface area contributed by atoms with Crippen molar-refractivity contribution in [1.82, 2.24) is 10.6 Å². The molecule has 2 aromatic carbocycles. The molecule has 168 valence electrons. The second kappa shape index (κ2) is 11.0. The lowest BCUT2D eigenvalue weighted by Crippen LogP contribution is -2.49. The van der Waals surface area contributed by atoms with Gasteiger partial charge in [-0.3, -0.25) is 10.2 Å². The molecule has 2 amide bonds. The van der Waals surface area contributed by atoms with Crippen LogP contribution in [0.4, 0.5) is 0 Å². The molecular weight excluding hydrogens is 412 g/mol. The number of ether oxygens (including phenoxy) is 3. The number of rotatable bonds is 8. The molecule has 1 aliphatic rings. The monoisotopic (exact) mass is 439 g/mol. The predicted octanol–water partition coefficient (Wildman–Crippen LogP) is 0.756. The molecule has 0 atom stereocenters. The standard InChI is InChI=1S/C23H26N4O5/c1-26-9-6-21(24)27-23(29)16-12-19(31-17-4-2-15(3-5-17)22(25)28)14-20(13-16)32-18-7-10-30-11-8-18/h2-6,9,12-14,18,26H,7-8,10-11H2,1H3,(H2,25,28)(H2,24,27,29)/p+1/b9-6-. The van der Waals surface area contributed by atoms with Gasteiger partial charge < -0.3 is 25.3 Å². The van der Waals surface area contributed by atoms with Crippen LogP contribution in [0.25, 0.3) is 0 Å². The fourth-order valence-corrected chi connectivity index (χ4v) is 3.06. The largest absolute Gasteiger partial charge is 0.490 e. The van der Waals surface area contributed by atoms with Crippen LogP contribution in [0.15, 0.2) is 54.7 Å². The van der Waals surface area contributed by atoms with Gasteiger partial charge in [0, 0.05) is 43.8 Å². The van der Waals surface area contributed by atoms with E-state index < -0.39 is 11.8 Å². The van der Waals surface area contributed by atoms with E-state index in [0.717, 1.165) is 12.8 Å². The van der Waals surface area contributed by atoms with Crippen molar-refractivity contribution in [3.8, 4) is 17.2 Å². The van der Waals surface area contributed by atoms with Crippen molar-refractivity contribution in [3.05, 3.63) is 65.9 Å². The van der Waals surface area contributed by atoms with Crippen LogP contribution in [0.2, 0.25) is 0 Å². The molecule has 1 aliphatic heterocycles. The van der Waals surface area contributed by atoms with E-state index in [1.54, 1.807) is 55.7 Å². The van der Waals surface area contributed by atoms with Crippen molar-refractivity contribution < 1.29 is 29.2 Å². The molecule has 0 bridgehead atoms. The summed E-state index contributed by atoms with van der Waals surface area (Å²) in [6, 6.07) is 11.3. The summed E-state index contributed by atoms with van der Waals surface area (Å²) in [6.45, 7) is 1.26. The minimum absolute atomic E-state index is 0.0139. The molecule has 0 spiro atoms. The van der Waals surface area contributed by atoms with E-state index in [0.29, 0.717) is 41.6 Å². The number of primary amides is 1. The second-order valence-electron chi connectivity index (χ2n) is 7.14. The van der Waals surface area contributed by atoms with E-state index in [1.165, 1.54) is 6.08 Å². The first-order chi connectivity index (χ1) is 15.4. The van der Waals surface area contributed by atoms with Gasteiger partial charge in [0.1, 0.15) is 23.4 Å². The maximum atomic E-state index is 12.7. The van der Waals surface area contributed by atoms with E-state index in [9.17, 15) is 9.59 Å². The van der Waals surface area contributed by atoms with E-state index in [-0.39, 0.29) is 11.9 Å². The Hall–Kier alpha value is -3.85. The van der Waals surface area contributed by atoms with Gasteiger partial charge in [-0.05, 0) is 36.4 Å². The fraction of sp³-hybridized carbons (Fsp3) is 0.261. The lowest BCUT2D eigenvalue weighted by atomic mass is 10.1. The molecule has 2 aromatic rings. The molecule has 0 unspecified atom stereocenters. The lowest BCUT2D eigenvalue weighted by Gasteiger charge is -2.23. The number of amidine groups is 1. The third-order valence-corrected chi connectivity index (χ3v) is 4.68. The number of hydrogen-bond donors (Lipinski definition) is 4. The summed E-state index contributed by atoms with van der Waals surface area (Å²) in [6.07, 6.45) is 4.65. The molecule has 1 fully saturated rings. The Bertz CT molecular complexity index is 998. The maximum absolute atomic E-state index is 12.7. The van der Waals surface area contributed by atoms with Crippen LogP contribution in [-0.4, -0.2) is 44.0 Å². The molecule has 9 nitrogen and oxygen atoms in total. The summed E-state index contributed by atoms with van der Waals surface area (Å²) in [7, 11) is 1.72. The van der Waals surface area contributed by atoms with Crippen LogP contribution < -0.4 is 31.3 Å². The summed E-state index contributed by atoms with van der Waals surface area (Å²) in [5.41, 5.74) is 5.97. The van der Waals surface area contributed by atoms with Crippen molar-refractivity contribution in [3.63, 3.8) is 0 Å². The minimum atomic E-state index is -0.525. The average Bonchev–Trinajstić information content (AvgIpc) is 2.78. The number of amides is 2. The van der Waals surface area contributed by atoms with E-state index >= 15 is 0 Å². The highest BCUT2D eigenvalue weighted by molar-refractivity contribution is 6.08. The first kappa shape index (κ1) is 22.8. The first-order valence-electron chi connectivity index (χ1n) is 10.2. The quantitative estimate of drug-likeness (QED) is 0.354. The lowest BCUT2D eigenvalue weighted by molar-refractivity contribution is -0.115. The smallest absolute Gasteiger partial charge is 0.339 e. The molecule has 0 aliphatic carbocycles. The van der Waals surface area contributed by atoms with E-state index in [2.05, 4.69) is 10.6 Å². The number of hydrogen-bond acceptors (Lipinski definition) is 6. The molecule has 0 aromatic heterocycles. The Morgan fingerprint density at radius 3 is 2.41 bits per heavy atom. The molecule has 0 radical (unpaired) electrons. The predicted molar refractivity (Wildman–Crippen MR) is 119 cm³/mol. The summed E-state index contributed by atoms with van der Waals surface area (Å²) in [5, 5.41) is 11.3. The van der Waals surface area contributed by atoms with Crippen molar-refractivity contribution in [2.75, 3.05) is 20.3 Å². The Morgan fingerprint density at radius 2 is 1.75 bits per heavy atom. The minimum Gasteiger partial charge on any atom is -0.490 e. The summed E-state index contributed by atoms with van der Waals surface area (Å²) in [4.78, 5) is 24.0. The number of carbonyl (C=O) groups excluding carboxylic acids is 2. The van der Waals surface area contributed by atoms with Gasteiger partial charge in [0.2, 0.25) is 5.91 Å². The van der Waals surface area contributed by atoms with Gasteiger partial charge in [-0.25, -0.2) is 10.1 Å². The Morgan fingerprint density at radius 1 is 1.06 bits per heavy atom. The van der Waals surface area contributed by atoms with Gasteiger partial charge >= 0.3 is 5.91 Å². The molecule has 32 heavy (non-hydrogen) atoms. The molecular formula is C23H27N4O5+. The van der Waals surface area contributed by atoms with Gasteiger partial charge in [0.25, 0.3) is 5.84 Å². The normalized spacial score (nSPS) is 14.0. The zero-order chi connectivity index (χ0) is 22.9. The van der Waals surface area contributed by atoms with Crippen LogP contribution in [-0.2, 0) is 4.74 Å². The van der Waals surface area contributed by atoms with Gasteiger partial charge in [0.05, 0.1) is 18.8 Å². The highest BCUT2D eigenvalue weighted by Gasteiger charge is 2.19. The maximum Gasteiger partial charge on any atom is 0.339 e. The van der Waals surface area contributed by atoms with Gasteiger partial charge in [-0.1, -0.05) is 0 Å². The van der Waals surface area contributed by atoms with Crippen LogP contribution in [0.1, 0.15) is 33.6 Å². The zero-order valence-corrected chi connectivity index (χ0v) is 17.8. The molecule has 3 rings (SSSR count). The molecule has 6 N–H and O–H groups in total. The van der Waals surface area contributed by atoms with Gasteiger partial charge in [-0.2, -0.15) is 0 Å². The molecule has 9 heteroatoms. The average molecular weight is 439 g/mol. The van der Waals surface area contributed by atoms with Crippen molar-refractivity contribution >= 4 is 17.6 Å². The number of nitrogens with one attached hydrogen (secondary N) is 2. The summed E-state index contributed by atoms with van der Waals surface area (Å²) >= 11 is 0. The second-order valence-corrected chi connectivity index (χ2v) is 7.14. The fourth-order valence-electron chi connectivity index (χ4n) is 3.06. The Kier molecular flexibility index (Phi) is 7.82. The third kappa shape index (κ3) is 6.58. The number of carbonyl (C=O) groups is 2. The first-order valence-corrected chi connectivity index (χ1v) is 10.2.